The third kappa shape index (κ3) is 7.45. The van der Waals surface area contributed by atoms with Gasteiger partial charge in [-0.05, 0) is 87.3 Å². The molecule has 0 spiro atoms. The maximum atomic E-state index is 8.90. The van der Waals surface area contributed by atoms with Gasteiger partial charge in [0.05, 0.1) is 11.6 Å². The minimum Gasteiger partial charge on any atom is -0.381 e. The smallest absolute Gasteiger partial charge is 0.0991 e. The highest BCUT2D eigenvalue weighted by Crippen LogP contribution is 2.37. The highest BCUT2D eigenvalue weighted by atomic mass is 16.5. The Bertz CT molecular complexity index is 532. The molecule has 25 heavy (non-hydrogen) atoms. The van der Waals surface area contributed by atoms with Crippen molar-refractivity contribution >= 4 is 0 Å². The molecule has 0 aliphatic heterocycles. The van der Waals surface area contributed by atoms with Gasteiger partial charge >= 0.3 is 0 Å². The number of hydrogen-bond donors (Lipinski definition) is 0. The van der Waals surface area contributed by atoms with Crippen molar-refractivity contribution in [3.63, 3.8) is 0 Å². The number of ether oxygens (including phenoxy) is 1. The molecule has 1 aromatic rings. The molecule has 0 bridgehead atoms. The van der Waals surface area contributed by atoms with Crippen LogP contribution >= 0.6 is 0 Å². The lowest BCUT2D eigenvalue weighted by molar-refractivity contribution is 0.122. The highest BCUT2D eigenvalue weighted by Gasteiger charge is 2.21. The van der Waals surface area contributed by atoms with Crippen LogP contribution in [0.25, 0.3) is 0 Å². The van der Waals surface area contributed by atoms with Gasteiger partial charge < -0.3 is 4.74 Å². The lowest BCUT2D eigenvalue weighted by Gasteiger charge is -2.28. The van der Waals surface area contributed by atoms with E-state index in [1.54, 1.807) is 0 Å². The highest BCUT2D eigenvalue weighted by molar-refractivity contribution is 5.33. The van der Waals surface area contributed by atoms with Crippen LogP contribution in [0.2, 0.25) is 0 Å². The maximum absolute atomic E-state index is 8.90. The van der Waals surface area contributed by atoms with Gasteiger partial charge in [0.2, 0.25) is 0 Å². The normalized spacial score (nSPS) is 20.6. The molecule has 0 saturated heterocycles. The van der Waals surface area contributed by atoms with Gasteiger partial charge in [-0.25, -0.2) is 0 Å². The lowest BCUT2D eigenvalue weighted by Crippen LogP contribution is -2.14. The molecule has 1 fully saturated rings. The van der Waals surface area contributed by atoms with Crippen LogP contribution in [0.1, 0.15) is 81.8 Å². The molecule has 1 aliphatic rings. The Balaban J connectivity index is 1.53. The van der Waals surface area contributed by atoms with E-state index in [1.807, 2.05) is 12.1 Å². The fraction of sp³-hybridized carbons (Fsp3) is 0.609. The summed E-state index contributed by atoms with van der Waals surface area (Å²) < 4.78 is 5.76. The van der Waals surface area contributed by atoms with Crippen molar-refractivity contribution in [3.8, 4) is 6.07 Å². The van der Waals surface area contributed by atoms with Gasteiger partial charge in [0.1, 0.15) is 0 Å². The molecule has 0 aromatic heterocycles. The van der Waals surface area contributed by atoms with E-state index in [0.717, 1.165) is 44.0 Å². The second kappa shape index (κ2) is 11.9. The van der Waals surface area contributed by atoms with E-state index in [-0.39, 0.29) is 0 Å². The monoisotopic (exact) mass is 339 g/mol. The van der Waals surface area contributed by atoms with Crippen molar-refractivity contribution in [2.45, 2.75) is 70.6 Å². The molecular weight excluding hydrogens is 306 g/mol. The van der Waals surface area contributed by atoms with Crippen molar-refractivity contribution in [3.05, 3.63) is 47.5 Å². The van der Waals surface area contributed by atoms with E-state index < -0.39 is 0 Å². The Morgan fingerprint density at radius 1 is 1.04 bits per heavy atom. The Labute approximate surface area is 153 Å². The van der Waals surface area contributed by atoms with Gasteiger partial charge in [0, 0.05) is 13.2 Å². The SMILES string of the molecule is CC/C=C/CCCOCCCC1CCC(c2ccc(C#N)cc2)CC1. The summed E-state index contributed by atoms with van der Waals surface area (Å²) in [6, 6.07) is 10.4. The molecule has 0 heterocycles. The fourth-order valence-electron chi connectivity index (χ4n) is 3.78. The van der Waals surface area contributed by atoms with Crippen LogP contribution in [0.15, 0.2) is 36.4 Å². The van der Waals surface area contributed by atoms with Crippen LogP contribution in [0, 0.1) is 17.2 Å². The standard InChI is InChI=1S/C23H33NO/c1-2-3-4-5-6-17-25-18-7-8-20-9-13-22(14-10-20)23-15-11-21(19-24)12-16-23/h3-4,11-12,15-16,20,22H,2,5-10,13-14,17-18H2,1H3/b4-3+. The number of hydrogen-bond acceptors (Lipinski definition) is 2. The van der Waals surface area contributed by atoms with Crippen LogP contribution in [-0.2, 0) is 4.74 Å². The van der Waals surface area contributed by atoms with Crippen molar-refractivity contribution in [2.24, 2.45) is 5.92 Å². The Morgan fingerprint density at radius 3 is 2.44 bits per heavy atom. The summed E-state index contributed by atoms with van der Waals surface area (Å²) >= 11 is 0. The lowest BCUT2D eigenvalue weighted by atomic mass is 9.77. The zero-order valence-corrected chi connectivity index (χ0v) is 15.8. The average Bonchev–Trinajstić information content (AvgIpc) is 2.67. The first-order valence-corrected chi connectivity index (χ1v) is 10.1. The second-order valence-electron chi connectivity index (χ2n) is 7.23. The number of nitrogens with zero attached hydrogens (tertiary/aromatic N) is 1. The minimum atomic E-state index is 0.691. The van der Waals surface area contributed by atoms with Crippen molar-refractivity contribution in [2.75, 3.05) is 13.2 Å². The summed E-state index contributed by atoms with van der Waals surface area (Å²) in [4.78, 5) is 0. The van der Waals surface area contributed by atoms with E-state index in [9.17, 15) is 0 Å². The predicted molar refractivity (Wildman–Crippen MR) is 105 cm³/mol. The molecular formula is C23H33NO. The van der Waals surface area contributed by atoms with Gasteiger partial charge in [-0.3, -0.25) is 0 Å². The van der Waals surface area contributed by atoms with Crippen LogP contribution in [0.3, 0.4) is 0 Å². The van der Waals surface area contributed by atoms with Gasteiger partial charge in [0.25, 0.3) is 0 Å². The first kappa shape index (κ1) is 19.7. The Hall–Kier alpha value is -1.59. The first-order chi connectivity index (χ1) is 12.3. The number of unbranched alkanes of at least 4 members (excludes halogenated alkanes) is 1. The van der Waals surface area contributed by atoms with Gasteiger partial charge in [-0.15, -0.1) is 0 Å². The molecule has 2 heteroatoms. The van der Waals surface area contributed by atoms with E-state index in [4.69, 9.17) is 10.00 Å². The predicted octanol–water partition coefficient (Wildman–Crippen LogP) is 6.38. The van der Waals surface area contributed by atoms with Crippen LogP contribution < -0.4 is 0 Å². The average molecular weight is 340 g/mol. The maximum Gasteiger partial charge on any atom is 0.0991 e. The van der Waals surface area contributed by atoms with Crippen molar-refractivity contribution in [1.29, 1.82) is 5.26 Å². The largest absolute Gasteiger partial charge is 0.381 e. The molecule has 0 radical (unpaired) electrons. The zero-order chi connectivity index (χ0) is 17.7. The van der Waals surface area contributed by atoms with Gasteiger partial charge in [-0.1, -0.05) is 31.2 Å². The van der Waals surface area contributed by atoms with Crippen molar-refractivity contribution < 1.29 is 4.74 Å². The van der Waals surface area contributed by atoms with Crippen LogP contribution in [0.4, 0.5) is 0 Å². The topological polar surface area (TPSA) is 33.0 Å². The molecule has 0 atom stereocenters. The van der Waals surface area contributed by atoms with Gasteiger partial charge in [0.15, 0.2) is 0 Å². The van der Waals surface area contributed by atoms with E-state index in [2.05, 4.69) is 37.3 Å². The summed E-state index contributed by atoms with van der Waals surface area (Å²) in [6.07, 6.45) is 15.7. The molecule has 2 rings (SSSR count). The summed E-state index contributed by atoms with van der Waals surface area (Å²) in [7, 11) is 0. The quantitative estimate of drug-likeness (QED) is 0.366. The number of allylic oxidation sites excluding steroid dienone is 2. The van der Waals surface area contributed by atoms with Crippen LogP contribution in [0.5, 0.6) is 0 Å². The summed E-state index contributed by atoms with van der Waals surface area (Å²) in [6.45, 7) is 4.00. The third-order valence-electron chi connectivity index (χ3n) is 5.32. The third-order valence-corrected chi connectivity index (χ3v) is 5.32. The van der Waals surface area contributed by atoms with E-state index >= 15 is 0 Å². The zero-order valence-electron chi connectivity index (χ0n) is 15.8. The Kier molecular flexibility index (Phi) is 9.37. The minimum absolute atomic E-state index is 0.691. The first-order valence-electron chi connectivity index (χ1n) is 10.1. The molecule has 1 saturated carbocycles. The molecule has 136 valence electrons. The number of benzene rings is 1. The number of rotatable bonds is 10. The fourth-order valence-corrected chi connectivity index (χ4v) is 3.78. The van der Waals surface area contributed by atoms with E-state index in [1.165, 1.54) is 44.1 Å². The Morgan fingerprint density at radius 2 is 1.76 bits per heavy atom. The summed E-state index contributed by atoms with van der Waals surface area (Å²) in [5.41, 5.74) is 2.18. The van der Waals surface area contributed by atoms with Crippen molar-refractivity contribution in [1.82, 2.24) is 0 Å². The second-order valence-corrected chi connectivity index (χ2v) is 7.23. The molecule has 1 aliphatic carbocycles. The van der Waals surface area contributed by atoms with Gasteiger partial charge in [-0.2, -0.15) is 5.26 Å². The number of nitriles is 1. The molecule has 0 unspecified atom stereocenters. The molecule has 0 N–H and O–H groups in total. The van der Waals surface area contributed by atoms with Crippen LogP contribution in [-0.4, -0.2) is 13.2 Å². The molecule has 0 amide bonds. The molecule has 1 aromatic carbocycles. The van der Waals surface area contributed by atoms with E-state index in [0.29, 0.717) is 5.92 Å². The molecule has 2 nitrogen and oxygen atoms in total. The summed E-state index contributed by atoms with van der Waals surface area (Å²) in [5.74, 6) is 1.57. The summed E-state index contributed by atoms with van der Waals surface area (Å²) in [5, 5.41) is 8.90.